The standard InChI is InChI=1S/C18H25N5O2/c1-4-14(17-19-10-11(2)20-17)21-18(24)16-9-15(22-23-16)12-5-7-13(25-3)8-6-12/h5-8,10,14-16,22-23H,4,9H2,1-3H3,(H,19,20)(H,21,24). The zero-order valence-corrected chi connectivity index (χ0v) is 14.8. The predicted octanol–water partition coefficient (Wildman–Crippen LogP) is 1.90. The van der Waals surface area contributed by atoms with E-state index in [1.54, 1.807) is 13.3 Å². The molecule has 3 atom stereocenters. The summed E-state index contributed by atoms with van der Waals surface area (Å²) >= 11 is 0. The van der Waals surface area contributed by atoms with Gasteiger partial charge >= 0.3 is 0 Å². The second-order valence-corrected chi connectivity index (χ2v) is 6.32. The quantitative estimate of drug-likeness (QED) is 0.643. The van der Waals surface area contributed by atoms with E-state index in [9.17, 15) is 4.79 Å². The number of aromatic amines is 1. The summed E-state index contributed by atoms with van der Waals surface area (Å²) in [4.78, 5) is 20.1. The van der Waals surface area contributed by atoms with Gasteiger partial charge in [-0.05, 0) is 37.5 Å². The SMILES string of the molecule is CCC(NC(=O)C1CC(c2ccc(OC)cc2)NN1)c1ncc(C)[nH]1. The maximum absolute atomic E-state index is 12.6. The lowest BCUT2D eigenvalue weighted by molar-refractivity contribution is -0.123. The van der Waals surface area contributed by atoms with Crippen LogP contribution in [0, 0.1) is 6.92 Å². The van der Waals surface area contributed by atoms with Crippen LogP contribution in [-0.2, 0) is 4.79 Å². The van der Waals surface area contributed by atoms with Crippen LogP contribution in [0.25, 0.3) is 0 Å². The van der Waals surface area contributed by atoms with E-state index in [0.29, 0.717) is 6.42 Å². The zero-order chi connectivity index (χ0) is 17.8. The summed E-state index contributed by atoms with van der Waals surface area (Å²) in [7, 11) is 1.65. The Morgan fingerprint density at radius 1 is 1.36 bits per heavy atom. The Morgan fingerprint density at radius 2 is 2.12 bits per heavy atom. The molecule has 7 heteroatoms. The Morgan fingerprint density at radius 3 is 2.72 bits per heavy atom. The average molecular weight is 343 g/mol. The number of carbonyl (C=O) groups is 1. The van der Waals surface area contributed by atoms with Gasteiger partial charge in [0.05, 0.1) is 13.2 Å². The van der Waals surface area contributed by atoms with Crippen LogP contribution in [0.4, 0.5) is 0 Å². The van der Waals surface area contributed by atoms with Crippen molar-refractivity contribution in [3.8, 4) is 5.75 Å². The number of aromatic nitrogens is 2. The third-order valence-corrected chi connectivity index (χ3v) is 4.52. The molecule has 0 saturated carbocycles. The Kier molecular flexibility index (Phi) is 5.35. The number of aryl methyl sites for hydroxylation is 1. The Balaban J connectivity index is 1.59. The molecule has 1 aliphatic heterocycles. The minimum absolute atomic E-state index is 0.0237. The van der Waals surface area contributed by atoms with Gasteiger partial charge in [-0.2, -0.15) is 0 Å². The van der Waals surface area contributed by atoms with Gasteiger partial charge in [0.15, 0.2) is 0 Å². The highest BCUT2D eigenvalue weighted by atomic mass is 16.5. The first-order valence-corrected chi connectivity index (χ1v) is 8.57. The average Bonchev–Trinajstić information content (AvgIpc) is 3.29. The predicted molar refractivity (Wildman–Crippen MR) is 94.9 cm³/mol. The molecule has 1 aromatic carbocycles. The zero-order valence-electron chi connectivity index (χ0n) is 14.8. The van der Waals surface area contributed by atoms with E-state index in [2.05, 4.69) is 26.1 Å². The monoisotopic (exact) mass is 343 g/mol. The van der Waals surface area contributed by atoms with Crippen molar-refractivity contribution in [2.24, 2.45) is 0 Å². The maximum Gasteiger partial charge on any atom is 0.239 e. The fourth-order valence-corrected chi connectivity index (χ4v) is 3.03. The Hall–Kier alpha value is -2.38. The van der Waals surface area contributed by atoms with E-state index in [-0.39, 0.29) is 24.0 Å². The molecule has 3 unspecified atom stereocenters. The summed E-state index contributed by atoms with van der Waals surface area (Å²) in [5, 5.41) is 3.07. The number of amides is 1. The molecule has 0 bridgehead atoms. The smallest absolute Gasteiger partial charge is 0.239 e. The summed E-state index contributed by atoms with van der Waals surface area (Å²) in [5.74, 6) is 1.60. The van der Waals surface area contributed by atoms with Crippen LogP contribution in [0.1, 0.15) is 48.9 Å². The van der Waals surface area contributed by atoms with Gasteiger partial charge in [0.25, 0.3) is 0 Å². The van der Waals surface area contributed by atoms with Gasteiger partial charge in [0.2, 0.25) is 5.91 Å². The molecule has 25 heavy (non-hydrogen) atoms. The summed E-state index contributed by atoms with van der Waals surface area (Å²) in [6, 6.07) is 7.58. The number of rotatable bonds is 6. The van der Waals surface area contributed by atoms with Crippen LogP contribution in [0.2, 0.25) is 0 Å². The number of ether oxygens (including phenoxy) is 1. The van der Waals surface area contributed by atoms with E-state index >= 15 is 0 Å². The van der Waals surface area contributed by atoms with Crippen LogP contribution in [0.15, 0.2) is 30.5 Å². The highest BCUT2D eigenvalue weighted by Gasteiger charge is 2.31. The molecule has 1 fully saturated rings. The van der Waals surface area contributed by atoms with Crippen molar-refractivity contribution in [3.63, 3.8) is 0 Å². The van der Waals surface area contributed by atoms with Gasteiger partial charge in [-0.15, -0.1) is 0 Å². The molecular formula is C18H25N5O2. The van der Waals surface area contributed by atoms with E-state index in [1.807, 2.05) is 38.1 Å². The van der Waals surface area contributed by atoms with Gasteiger partial charge in [-0.3, -0.25) is 4.79 Å². The Labute approximate surface area is 147 Å². The van der Waals surface area contributed by atoms with Crippen LogP contribution < -0.4 is 20.9 Å². The van der Waals surface area contributed by atoms with Crippen LogP contribution in [0.5, 0.6) is 5.75 Å². The molecule has 2 heterocycles. The van der Waals surface area contributed by atoms with Crippen LogP contribution in [0.3, 0.4) is 0 Å². The molecule has 0 spiro atoms. The van der Waals surface area contributed by atoms with Gasteiger partial charge in [0, 0.05) is 17.9 Å². The van der Waals surface area contributed by atoms with Crippen molar-refractivity contribution in [1.82, 2.24) is 26.1 Å². The molecule has 1 amide bonds. The minimum atomic E-state index is -0.280. The van der Waals surface area contributed by atoms with E-state index in [4.69, 9.17) is 4.74 Å². The second-order valence-electron chi connectivity index (χ2n) is 6.32. The number of methoxy groups -OCH3 is 1. The molecule has 1 aliphatic rings. The number of nitrogens with one attached hydrogen (secondary N) is 4. The number of hydrogen-bond acceptors (Lipinski definition) is 5. The fourth-order valence-electron chi connectivity index (χ4n) is 3.03. The van der Waals surface area contributed by atoms with Crippen molar-refractivity contribution in [2.75, 3.05) is 7.11 Å². The number of imidazole rings is 1. The number of hydrazine groups is 1. The van der Waals surface area contributed by atoms with Gasteiger partial charge in [-0.1, -0.05) is 19.1 Å². The fraction of sp³-hybridized carbons (Fsp3) is 0.444. The molecule has 0 aliphatic carbocycles. The van der Waals surface area contributed by atoms with E-state index in [1.165, 1.54) is 0 Å². The molecule has 3 rings (SSSR count). The van der Waals surface area contributed by atoms with Crippen molar-refractivity contribution in [1.29, 1.82) is 0 Å². The van der Waals surface area contributed by atoms with E-state index < -0.39 is 0 Å². The maximum atomic E-state index is 12.6. The summed E-state index contributed by atoms with van der Waals surface area (Å²) in [6.45, 7) is 3.98. The molecular weight excluding hydrogens is 318 g/mol. The number of hydrogen-bond donors (Lipinski definition) is 4. The highest BCUT2D eigenvalue weighted by molar-refractivity contribution is 5.82. The van der Waals surface area contributed by atoms with Crippen molar-refractivity contribution in [2.45, 2.75) is 44.8 Å². The van der Waals surface area contributed by atoms with Gasteiger partial charge in [0.1, 0.15) is 17.6 Å². The lowest BCUT2D eigenvalue weighted by Crippen LogP contribution is -2.44. The first kappa shape index (κ1) is 17.4. The minimum Gasteiger partial charge on any atom is -0.497 e. The summed E-state index contributed by atoms with van der Waals surface area (Å²) in [6.07, 6.45) is 3.24. The Bertz CT molecular complexity index is 713. The normalized spacial score (nSPS) is 21.1. The number of H-pyrrole nitrogens is 1. The lowest BCUT2D eigenvalue weighted by Gasteiger charge is -2.17. The number of nitrogens with zero attached hydrogens (tertiary/aromatic N) is 1. The largest absolute Gasteiger partial charge is 0.497 e. The molecule has 134 valence electrons. The highest BCUT2D eigenvalue weighted by Crippen LogP contribution is 2.24. The first-order chi connectivity index (χ1) is 12.1. The lowest BCUT2D eigenvalue weighted by atomic mass is 10.0. The molecule has 4 N–H and O–H groups in total. The third kappa shape index (κ3) is 4.00. The molecule has 7 nitrogen and oxygen atoms in total. The van der Waals surface area contributed by atoms with Crippen molar-refractivity contribution in [3.05, 3.63) is 47.5 Å². The van der Waals surface area contributed by atoms with Crippen molar-refractivity contribution >= 4 is 5.91 Å². The third-order valence-electron chi connectivity index (χ3n) is 4.52. The van der Waals surface area contributed by atoms with Gasteiger partial charge < -0.3 is 15.0 Å². The number of benzene rings is 1. The summed E-state index contributed by atoms with van der Waals surface area (Å²) < 4.78 is 5.18. The first-order valence-electron chi connectivity index (χ1n) is 8.57. The molecule has 2 aromatic rings. The number of carbonyl (C=O) groups excluding carboxylic acids is 1. The van der Waals surface area contributed by atoms with Crippen LogP contribution >= 0.6 is 0 Å². The van der Waals surface area contributed by atoms with Crippen LogP contribution in [-0.4, -0.2) is 29.0 Å². The second kappa shape index (κ2) is 7.67. The van der Waals surface area contributed by atoms with E-state index in [0.717, 1.165) is 29.3 Å². The summed E-state index contributed by atoms with van der Waals surface area (Å²) in [5.41, 5.74) is 8.41. The van der Waals surface area contributed by atoms with Crippen molar-refractivity contribution < 1.29 is 9.53 Å². The van der Waals surface area contributed by atoms with Gasteiger partial charge in [-0.25, -0.2) is 15.8 Å². The molecule has 0 radical (unpaired) electrons. The topological polar surface area (TPSA) is 91.1 Å². The molecule has 1 saturated heterocycles. The molecule has 1 aromatic heterocycles.